The highest BCUT2D eigenvalue weighted by atomic mass is 35.5. The lowest BCUT2D eigenvalue weighted by molar-refractivity contribution is 0.287. The third-order valence-electron chi connectivity index (χ3n) is 2.59. The van der Waals surface area contributed by atoms with Crippen molar-refractivity contribution in [2.24, 2.45) is 5.73 Å². The lowest BCUT2D eigenvalue weighted by atomic mass is 9.85. The van der Waals surface area contributed by atoms with Crippen molar-refractivity contribution in [2.75, 3.05) is 20.2 Å². The van der Waals surface area contributed by atoms with Crippen LogP contribution < -0.4 is 15.8 Å². The van der Waals surface area contributed by atoms with Crippen molar-refractivity contribution in [3.63, 3.8) is 0 Å². The summed E-state index contributed by atoms with van der Waals surface area (Å²) >= 11 is 6.12. The molecule has 2 rings (SSSR count). The molecule has 1 saturated heterocycles. The molecule has 1 fully saturated rings. The molecule has 3 N–H and O–H groups in total. The number of halogens is 2. The molecular weight excluding hydrogens is 235 g/mol. The van der Waals surface area contributed by atoms with Crippen LogP contribution in [0.15, 0.2) is 18.2 Å². The number of benzene rings is 1. The maximum absolute atomic E-state index is 6.13. The molecule has 1 aromatic rings. The molecule has 84 valence electrons. The first kappa shape index (κ1) is 12.6. The highest BCUT2D eigenvalue weighted by molar-refractivity contribution is 6.31. The number of hydrogen-bond donors (Lipinski definition) is 2. The van der Waals surface area contributed by atoms with Crippen LogP contribution in [0.25, 0.3) is 0 Å². The van der Waals surface area contributed by atoms with Crippen LogP contribution in [-0.4, -0.2) is 20.2 Å². The SMILES string of the molecule is COc1ccc(C2(N)CNC2)c(Cl)c1.Cl. The zero-order valence-electron chi connectivity index (χ0n) is 8.42. The van der Waals surface area contributed by atoms with E-state index in [-0.39, 0.29) is 17.9 Å². The predicted octanol–water partition coefficient (Wildman–Crippen LogP) is 1.53. The number of nitrogens with two attached hydrogens (primary N) is 1. The van der Waals surface area contributed by atoms with Gasteiger partial charge in [-0.1, -0.05) is 17.7 Å². The van der Waals surface area contributed by atoms with Gasteiger partial charge in [-0.3, -0.25) is 0 Å². The number of nitrogens with one attached hydrogen (secondary N) is 1. The molecule has 1 aliphatic rings. The maximum Gasteiger partial charge on any atom is 0.120 e. The van der Waals surface area contributed by atoms with E-state index in [1.807, 2.05) is 12.1 Å². The standard InChI is InChI=1S/C10H13ClN2O.ClH/c1-14-7-2-3-8(9(11)4-7)10(12)5-13-6-10;/h2-4,13H,5-6,12H2,1H3;1H. The summed E-state index contributed by atoms with van der Waals surface area (Å²) in [6.07, 6.45) is 0. The molecule has 15 heavy (non-hydrogen) atoms. The molecule has 0 saturated carbocycles. The van der Waals surface area contributed by atoms with Gasteiger partial charge in [0.25, 0.3) is 0 Å². The lowest BCUT2D eigenvalue weighted by Crippen LogP contribution is -2.62. The number of rotatable bonds is 2. The van der Waals surface area contributed by atoms with Gasteiger partial charge < -0.3 is 15.8 Å². The lowest BCUT2D eigenvalue weighted by Gasteiger charge is -2.40. The van der Waals surface area contributed by atoms with Crippen molar-refractivity contribution < 1.29 is 4.74 Å². The normalized spacial score (nSPS) is 17.5. The Bertz CT molecular complexity index is 353. The van der Waals surface area contributed by atoms with E-state index in [0.717, 1.165) is 24.4 Å². The molecule has 1 heterocycles. The first-order chi connectivity index (χ1) is 6.65. The summed E-state index contributed by atoms with van der Waals surface area (Å²) in [6, 6.07) is 5.61. The minimum atomic E-state index is -0.302. The predicted molar refractivity (Wildman–Crippen MR) is 64.0 cm³/mol. The minimum Gasteiger partial charge on any atom is -0.497 e. The van der Waals surface area contributed by atoms with E-state index >= 15 is 0 Å². The number of ether oxygens (including phenoxy) is 1. The van der Waals surface area contributed by atoms with Gasteiger partial charge in [0.05, 0.1) is 12.6 Å². The largest absolute Gasteiger partial charge is 0.497 e. The Morgan fingerprint density at radius 2 is 2.13 bits per heavy atom. The third kappa shape index (κ3) is 2.21. The topological polar surface area (TPSA) is 47.3 Å². The molecule has 1 aliphatic heterocycles. The second-order valence-electron chi connectivity index (χ2n) is 3.61. The van der Waals surface area contributed by atoms with E-state index in [9.17, 15) is 0 Å². The summed E-state index contributed by atoms with van der Waals surface area (Å²) in [5.41, 5.74) is 6.81. The molecule has 0 amide bonds. The van der Waals surface area contributed by atoms with E-state index < -0.39 is 0 Å². The summed E-state index contributed by atoms with van der Waals surface area (Å²) in [7, 11) is 1.62. The molecular formula is C10H14Cl2N2O. The Morgan fingerprint density at radius 1 is 1.47 bits per heavy atom. The van der Waals surface area contributed by atoms with Crippen LogP contribution in [0.3, 0.4) is 0 Å². The van der Waals surface area contributed by atoms with Crippen molar-refractivity contribution in [3.8, 4) is 5.75 Å². The Labute approximate surface area is 100 Å². The van der Waals surface area contributed by atoms with Crippen LogP contribution in [-0.2, 0) is 5.54 Å². The summed E-state index contributed by atoms with van der Waals surface area (Å²) in [4.78, 5) is 0. The van der Waals surface area contributed by atoms with Crippen LogP contribution in [0.4, 0.5) is 0 Å². The smallest absolute Gasteiger partial charge is 0.120 e. The van der Waals surface area contributed by atoms with Gasteiger partial charge in [0, 0.05) is 18.1 Å². The van der Waals surface area contributed by atoms with Crippen molar-refractivity contribution in [3.05, 3.63) is 28.8 Å². The van der Waals surface area contributed by atoms with E-state index in [1.165, 1.54) is 0 Å². The van der Waals surface area contributed by atoms with Crippen molar-refractivity contribution >= 4 is 24.0 Å². The zero-order chi connectivity index (χ0) is 10.2. The van der Waals surface area contributed by atoms with Gasteiger partial charge in [0.15, 0.2) is 0 Å². The molecule has 0 spiro atoms. The molecule has 0 aliphatic carbocycles. The van der Waals surface area contributed by atoms with E-state index in [4.69, 9.17) is 22.1 Å². The summed E-state index contributed by atoms with van der Waals surface area (Å²) < 4.78 is 5.07. The van der Waals surface area contributed by atoms with E-state index in [2.05, 4.69) is 5.32 Å². The van der Waals surface area contributed by atoms with Crippen LogP contribution >= 0.6 is 24.0 Å². The Hall–Kier alpha value is -0.480. The minimum absolute atomic E-state index is 0. The molecule has 1 aromatic carbocycles. The number of methoxy groups -OCH3 is 1. The monoisotopic (exact) mass is 248 g/mol. The average Bonchev–Trinajstić information content (AvgIpc) is 2.14. The molecule has 0 radical (unpaired) electrons. The first-order valence-corrected chi connectivity index (χ1v) is 4.87. The average molecular weight is 249 g/mol. The Balaban J connectivity index is 0.00000112. The van der Waals surface area contributed by atoms with E-state index in [1.54, 1.807) is 13.2 Å². The quantitative estimate of drug-likeness (QED) is 0.835. The molecule has 5 heteroatoms. The highest BCUT2D eigenvalue weighted by Gasteiger charge is 2.35. The van der Waals surface area contributed by atoms with Crippen molar-refractivity contribution in [1.82, 2.24) is 5.32 Å². The zero-order valence-corrected chi connectivity index (χ0v) is 9.99. The van der Waals surface area contributed by atoms with Crippen molar-refractivity contribution in [2.45, 2.75) is 5.54 Å². The highest BCUT2D eigenvalue weighted by Crippen LogP contribution is 2.31. The van der Waals surface area contributed by atoms with Gasteiger partial charge in [0.1, 0.15) is 5.75 Å². The second kappa shape index (κ2) is 4.58. The molecule has 0 unspecified atom stereocenters. The van der Waals surface area contributed by atoms with Gasteiger partial charge in [0.2, 0.25) is 0 Å². The van der Waals surface area contributed by atoms with E-state index in [0.29, 0.717) is 5.02 Å². The van der Waals surface area contributed by atoms with Crippen LogP contribution in [0.5, 0.6) is 5.75 Å². The first-order valence-electron chi connectivity index (χ1n) is 4.49. The third-order valence-corrected chi connectivity index (χ3v) is 2.91. The van der Waals surface area contributed by atoms with Gasteiger partial charge in [-0.25, -0.2) is 0 Å². The molecule has 0 aromatic heterocycles. The van der Waals surface area contributed by atoms with Gasteiger partial charge in [-0.15, -0.1) is 12.4 Å². The van der Waals surface area contributed by atoms with Crippen molar-refractivity contribution in [1.29, 1.82) is 0 Å². The fraction of sp³-hybridized carbons (Fsp3) is 0.400. The molecule has 3 nitrogen and oxygen atoms in total. The van der Waals surface area contributed by atoms with Gasteiger partial charge in [-0.05, 0) is 17.7 Å². The summed E-state index contributed by atoms with van der Waals surface area (Å²) in [5, 5.41) is 3.82. The Morgan fingerprint density at radius 3 is 2.53 bits per heavy atom. The molecule has 0 bridgehead atoms. The second-order valence-corrected chi connectivity index (χ2v) is 4.01. The van der Waals surface area contributed by atoms with Crippen LogP contribution in [0.1, 0.15) is 5.56 Å². The van der Waals surface area contributed by atoms with Gasteiger partial charge in [-0.2, -0.15) is 0 Å². The fourth-order valence-electron chi connectivity index (χ4n) is 1.61. The summed E-state index contributed by atoms with van der Waals surface area (Å²) in [5.74, 6) is 0.759. The fourth-order valence-corrected chi connectivity index (χ4v) is 1.97. The summed E-state index contributed by atoms with van der Waals surface area (Å²) in [6.45, 7) is 1.55. The van der Waals surface area contributed by atoms with Crippen LogP contribution in [0, 0.1) is 0 Å². The molecule has 0 atom stereocenters. The maximum atomic E-state index is 6.13. The van der Waals surface area contributed by atoms with Crippen LogP contribution in [0.2, 0.25) is 5.02 Å². The number of hydrogen-bond acceptors (Lipinski definition) is 3. The Kier molecular flexibility index (Phi) is 3.84. The van der Waals surface area contributed by atoms with Gasteiger partial charge >= 0.3 is 0 Å².